The maximum absolute atomic E-state index is 13.0. The third kappa shape index (κ3) is 6.25. The number of amides is 2. The van der Waals surface area contributed by atoms with Crippen LogP contribution in [-0.4, -0.2) is 29.4 Å². The summed E-state index contributed by atoms with van der Waals surface area (Å²) in [5.74, 6) is -0.887. The summed E-state index contributed by atoms with van der Waals surface area (Å²) in [4.78, 5) is 35.6. The summed E-state index contributed by atoms with van der Waals surface area (Å²) in [6.45, 7) is 3.80. The minimum absolute atomic E-state index is 0.00818. The summed E-state index contributed by atoms with van der Waals surface area (Å²) in [5, 5.41) is 16.5. The number of benzene rings is 4. The van der Waals surface area contributed by atoms with Gasteiger partial charge in [0.15, 0.2) is 5.75 Å². The Balaban J connectivity index is 1.52. The molecule has 0 aliphatic rings. The fourth-order valence-electron chi connectivity index (χ4n) is 3.92. The zero-order valence-electron chi connectivity index (χ0n) is 21.0. The number of nitro benzene ring substituents is 1. The molecule has 0 atom stereocenters. The van der Waals surface area contributed by atoms with Crippen molar-refractivity contribution < 1.29 is 24.0 Å². The SMILES string of the molecule is CC(C)Oc1cc(C(N)=O)ccc1NC(=O)c1ccc([N+](=O)[O-])c(OCCc2ccc3ccccc3c2)c1. The van der Waals surface area contributed by atoms with Gasteiger partial charge >= 0.3 is 5.69 Å². The number of nitrogens with one attached hydrogen (secondary N) is 1. The lowest BCUT2D eigenvalue weighted by molar-refractivity contribution is -0.385. The van der Waals surface area contributed by atoms with Crippen molar-refractivity contribution in [3.63, 3.8) is 0 Å². The molecule has 0 unspecified atom stereocenters. The van der Waals surface area contributed by atoms with Crippen molar-refractivity contribution in [2.45, 2.75) is 26.4 Å². The fraction of sp³-hybridized carbons (Fsp3) is 0.172. The summed E-state index contributed by atoms with van der Waals surface area (Å²) in [6.07, 6.45) is 0.302. The van der Waals surface area contributed by atoms with Crippen LogP contribution in [0.15, 0.2) is 78.9 Å². The van der Waals surface area contributed by atoms with Gasteiger partial charge in [0.05, 0.1) is 23.3 Å². The molecule has 2 amide bonds. The molecule has 0 aliphatic carbocycles. The van der Waals surface area contributed by atoms with Gasteiger partial charge in [0.2, 0.25) is 5.91 Å². The molecule has 194 valence electrons. The molecular formula is C29H27N3O6. The second kappa shape index (κ2) is 11.4. The molecule has 0 aliphatic heterocycles. The highest BCUT2D eigenvalue weighted by molar-refractivity contribution is 6.06. The van der Waals surface area contributed by atoms with E-state index in [1.54, 1.807) is 13.8 Å². The molecule has 9 heteroatoms. The molecule has 0 spiro atoms. The molecule has 0 bridgehead atoms. The van der Waals surface area contributed by atoms with Crippen LogP contribution in [0.25, 0.3) is 10.8 Å². The zero-order chi connectivity index (χ0) is 27.2. The Hall–Kier alpha value is -4.92. The smallest absolute Gasteiger partial charge is 0.310 e. The van der Waals surface area contributed by atoms with Crippen LogP contribution < -0.4 is 20.5 Å². The van der Waals surface area contributed by atoms with Crippen LogP contribution in [-0.2, 0) is 6.42 Å². The number of primary amides is 1. The molecule has 0 radical (unpaired) electrons. The third-order valence-electron chi connectivity index (χ3n) is 5.76. The van der Waals surface area contributed by atoms with Crippen molar-refractivity contribution >= 4 is 34.0 Å². The number of carbonyl (C=O) groups excluding carboxylic acids is 2. The molecule has 0 heterocycles. The van der Waals surface area contributed by atoms with Crippen molar-refractivity contribution in [3.05, 3.63) is 106 Å². The minimum Gasteiger partial charge on any atom is -0.489 e. The number of hydrogen-bond donors (Lipinski definition) is 2. The Morgan fingerprint density at radius 2 is 1.63 bits per heavy atom. The van der Waals surface area contributed by atoms with Gasteiger partial charge in [0, 0.05) is 29.7 Å². The predicted molar refractivity (Wildman–Crippen MR) is 145 cm³/mol. The number of rotatable bonds is 10. The largest absolute Gasteiger partial charge is 0.489 e. The van der Waals surface area contributed by atoms with E-state index in [2.05, 4.69) is 11.4 Å². The molecule has 4 aromatic rings. The molecule has 4 rings (SSSR count). The maximum atomic E-state index is 13.0. The zero-order valence-corrected chi connectivity index (χ0v) is 21.0. The second-order valence-electron chi connectivity index (χ2n) is 8.92. The number of nitrogens with two attached hydrogens (primary N) is 1. The molecule has 9 nitrogen and oxygen atoms in total. The van der Waals surface area contributed by atoms with E-state index in [0.717, 1.165) is 16.3 Å². The number of fused-ring (bicyclic) bond motifs is 1. The number of anilines is 1. The van der Waals surface area contributed by atoms with E-state index in [-0.39, 0.29) is 41.0 Å². The van der Waals surface area contributed by atoms with Gasteiger partial charge in [0.1, 0.15) is 5.75 Å². The number of hydrogen-bond acceptors (Lipinski definition) is 6. The summed E-state index contributed by atoms with van der Waals surface area (Å²) >= 11 is 0. The van der Waals surface area contributed by atoms with Crippen molar-refractivity contribution in [1.82, 2.24) is 0 Å². The lowest BCUT2D eigenvalue weighted by Crippen LogP contribution is -2.16. The Labute approximate surface area is 219 Å². The van der Waals surface area contributed by atoms with E-state index < -0.39 is 16.7 Å². The van der Waals surface area contributed by atoms with Gasteiger partial charge in [0.25, 0.3) is 5.91 Å². The third-order valence-corrected chi connectivity index (χ3v) is 5.76. The van der Waals surface area contributed by atoms with Crippen LogP contribution in [0.1, 0.15) is 40.1 Å². The van der Waals surface area contributed by atoms with Crippen LogP contribution in [0, 0.1) is 10.1 Å². The fourth-order valence-corrected chi connectivity index (χ4v) is 3.92. The van der Waals surface area contributed by atoms with E-state index in [0.29, 0.717) is 12.1 Å². The quantitative estimate of drug-likeness (QED) is 0.212. The summed E-state index contributed by atoms with van der Waals surface area (Å²) < 4.78 is 11.5. The first-order valence-corrected chi connectivity index (χ1v) is 12.0. The van der Waals surface area contributed by atoms with E-state index in [1.807, 2.05) is 36.4 Å². The van der Waals surface area contributed by atoms with Gasteiger partial charge < -0.3 is 20.5 Å². The van der Waals surface area contributed by atoms with Crippen molar-refractivity contribution in [1.29, 1.82) is 0 Å². The molecule has 0 saturated carbocycles. The average Bonchev–Trinajstić information content (AvgIpc) is 2.89. The topological polar surface area (TPSA) is 134 Å². The van der Waals surface area contributed by atoms with E-state index in [1.165, 1.54) is 36.4 Å². The normalized spacial score (nSPS) is 10.8. The number of carbonyl (C=O) groups is 2. The highest BCUT2D eigenvalue weighted by Crippen LogP contribution is 2.31. The summed E-state index contributed by atoms with van der Waals surface area (Å²) in [6, 6.07) is 22.4. The molecular weight excluding hydrogens is 486 g/mol. The first kappa shape index (κ1) is 26.2. The van der Waals surface area contributed by atoms with E-state index >= 15 is 0 Å². The highest BCUT2D eigenvalue weighted by atomic mass is 16.6. The van der Waals surface area contributed by atoms with Gasteiger partial charge in [-0.15, -0.1) is 0 Å². The van der Waals surface area contributed by atoms with Crippen LogP contribution in [0.3, 0.4) is 0 Å². The highest BCUT2D eigenvalue weighted by Gasteiger charge is 2.20. The molecule has 0 aromatic heterocycles. The Kier molecular flexibility index (Phi) is 7.86. The Morgan fingerprint density at radius 3 is 2.34 bits per heavy atom. The number of ether oxygens (including phenoxy) is 2. The molecule has 38 heavy (non-hydrogen) atoms. The van der Waals surface area contributed by atoms with Gasteiger partial charge in [-0.3, -0.25) is 19.7 Å². The van der Waals surface area contributed by atoms with Crippen molar-refractivity contribution in [2.24, 2.45) is 5.73 Å². The summed E-state index contributed by atoms with van der Waals surface area (Å²) in [7, 11) is 0. The maximum Gasteiger partial charge on any atom is 0.310 e. The Bertz CT molecular complexity index is 1520. The first-order valence-electron chi connectivity index (χ1n) is 12.0. The standard InChI is InChI=1S/C29H27N3O6/c1-18(2)38-26-16-22(28(30)33)9-11-24(26)31-29(34)23-10-12-25(32(35)36)27(17-23)37-14-13-19-7-8-20-5-3-4-6-21(20)15-19/h3-12,15-18H,13-14H2,1-2H3,(H2,30,33)(H,31,34). The molecule has 4 aromatic carbocycles. The van der Waals surface area contributed by atoms with Crippen molar-refractivity contribution in [3.8, 4) is 11.5 Å². The van der Waals surface area contributed by atoms with E-state index in [9.17, 15) is 19.7 Å². The van der Waals surface area contributed by atoms with Gasteiger partial charge in [-0.2, -0.15) is 0 Å². The molecule has 0 fully saturated rings. The van der Waals surface area contributed by atoms with Crippen molar-refractivity contribution in [2.75, 3.05) is 11.9 Å². The summed E-state index contributed by atoms with van der Waals surface area (Å²) in [5.41, 5.74) is 6.86. The van der Waals surface area contributed by atoms with Crippen LogP contribution >= 0.6 is 0 Å². The average molecular weight is 514 g/mol. The second-order valence-corrected chi connectivity index (χ2v) is 8.92. The number of nitrogens with zero attached hydrogens (tertiary/aromatic N) is 1. The van der Waals surface area contributed by atoms with Crippen LogP contribution in [0.4, 0.5) is 11.4 Å². The first-order chi connectivity index (χ1) is 18.2. The lowest BCUT2D eigenvalue weighted by Gasteiger charge is -2.16. The van der Waals surface area contributed by atoms with Gasteiger partial charge in [-0.25, -0.2) is 0 Å². The predicted octanol–water partition coefficient (Wildman–Crippen LogP) is 5.51. The van der Waals surface area contributed by atoms with E-state index in [4.69, 9.17) is 15.2 Å². The lowest BCUT2D eigenvalue weighted by atomic mass is 10.1. The van der Waals surface area contributed by atoms with Crippen LogP contribution in [0.5, 0.6) is 11.5 Å². The number of nitro groups is 1. The molecule has 0 saturated heterocycles. The van der Waals surface area contributed by atoms with Crippen LogP contribution in [0.2, 0.25) is 0 Å². The van der Waals surface area contributed by atoms with Gasteiger partial charge in [-0.05, 0) is 54.4 Å². The Morgan fingerprint density at radius 1 is 0.921 bits per heavy atom. The van der Waals surface area contributed by atoms with Gasteiger partial charge in [-0.1, -0.05) is 42.5 Å². The molecule has 3 N–H and O–H groups in total. The monoisotopic (exact) mass is 513 g/mol. The minimum atomic E-state index is -0.627.